The molecule has 2 N–H and O–H groups in total. The van der Waals surface area contributed by atoms with E-state index in [0.29, 0.717) is 12.5 Å². The van der Waals surface area contributed by atoms with E-state index in [2.05, 4.69) is 15.4 Å². The van der Waals surface area contributed by atoms with Crippen LogP contribution < -0.4 is 10.6 Å². The largest absolute Gasteiger partial charge is 0.453 e. The average molecular weight is 160 g/mol. The van der Waals surface area contributed by atoms with Gasteiger partial charge in [-0.3, -0.25) is 0 Å². The van der Waals surface area contributed by atoms with Gasteiger partial charge in [0.05, 0.1) is 7.11 Å². The summed E-state index contributed by atoms with van der Waals surface area (Å²) in [5.41, 5.74) is 0. The molecule has 4 nitrogen and oxygen atoms in total. The standard InChI is InChI=1S/C7H16N2O2/c1-6(4-8-2)5-9-7(10)11-3/h6,8H,4-5H2,1-3H3,(H,9,10). The molecule has 0 aliphatic rings. The summed E-state index contributed by atoms with van der Waals surface area (Å²) >= 11 is 0. The lowest BCUT2D eigenvalue weighted by Gasteiger charge is -2.10. The highest BCUT2D eigenvalue weighted by Crippen LogP contribution is 1.88. The van der Waals surface area contributed by atoms with Crippen LogP contribution in [0.4, 0.5) is 4.79 Å². The number of hydrogen-bond acceptors (Lipinski definition) is 3. The molecule has 4 heteroatoms. The first-order valence-electron chi connectivity index (χ1n) is 3.67. The van der Waals surface area contributed by atoms with Crippen molar-refractivity contribution in [1.82, 2.24) is 10.6 Å². The summed E-state index contributed by atoms with van der Waals surface area (Å²) in [4.78, 5) is 10.6. The highest BCUT2D eigenvalue weighted by atomic mass is 16.5. The van der Waals surface area contributed by atoms with E-state index in [9.17, 15) is 4.79 Å². The Hall–Kier alpha value is -0.770. The molecule has 1 atom stereocenters. The van der Waals surface area contributed by atoms with Crippen molar-refractivity contribution in [2.45, 2.75) is 6.92 Å². The van der Waals surface area contributed by atoms with Crippen molar-refractivity contribution in [2.24, 2.45) is 5.92 Å². The number of hydrogen-bond donors (Lipinski definition) is 2. The van der Waals surface area contributed by atoms with Crippen LogP contribution in [0.1, 0.15) is 6.92 Å². The van der Waals surface area contributed by atoms with Gasteiger partial charge in [-0.2, -0.15) is 0 Å². The summed E-state index contributed by atoms with van der Waals surface area (Å²) in [6.45, 7) is 3.59. The monoisotopic (exact) mass is 160 g/mol. The topological polar surface area (TPSA) is 50.4 Å². The van der Waals surface area contributed by atoms with Crippen molar-refractivity contribution in [3.63, 3.8) is 0 Å². The number of ether oxygens (including phenoxy) is 1. The van der Waals surface area contributed by atoms with E-state index < -0.39 is 0 Å². The third-order valence-electron chi connectivity index (χ3n) is 1.33. The van der Waals surface area contributed by atoms with Gasteiger partial charge in [0.1, 0.15) is 0 Å². The lowest BCUT2D eigenvalue weighted by Crippen LogP contribution is -2.31. The number of alkyl carbamates (subject to hydrolysis) is 1. The van der Waals surface area contributed by atoms with Crippen LogP contribution in [-0.2, 0) is 4.74 Å². The molecule has 0 saturated heterocycles. The van der Waals surface area contributed by atoms with Crippen molar-refractivity contribution < 1.29 is 9.53 Å². The number of carbonyl (C=O) groups is 1. The fourth-order valence-corrected chi connectivity index (χ4v) is 0.750. The molecule has 0 radical (unpaired) electrons. The number of methoxy groups -OCH3 is 1. The first-order valence-corrected chi connectivity index (χ1v) is 3.67. The minimum atomic E-state index is -0.368. The zero-order chi connectivity index (χ0) is 8.69. The van der Waals surface area contributed by atoms with E-state index in [1.165, 1.54) is 7.11 Å². The summed E-state index contributed by atoms with van der Waals surface area (Å²) in [5.74, 6) is 0.430. The van der Waals surface area contributed by atoms with E-state index in [1.807, 2.05) is 14.0 Å². The molecule has 0 spiro atoms. The molecule has 0 aromatic rings. The van der Waals surface area contributed by atoms with Crippen LogP contribution in [0.15, 0.2) is 0 Å². The van der Waals surface area contributed by atoms with Crippen LogP contribution in [0.25, 0.3) is 0 Å². The van der Waals surface area contributed by atoms with Crippen LogP contribution in [0.5, 0.6) is 0 Å². The van der Waals surface area contributed by atoms with Crippen LogP contribution in [0, 0.1) is 5.92 Å². The lowest BCUT2D eigenvalue weighted by molar-refractivity contribution is 0.169. The van der Waals surface area contributed by atoms with Gasteiger partial charge in [-0.15, -0.1) is 0 Å². The Morgan fingerprint density at radius 1 is 1.55 bits per heavy atom. The third-order valence-corrected chi connectivity index (χ3v) is 1.33. The Kier molecular flexibility index (Phi) is 5.56. The van der Waals surface area contributed by atoms with Gasteiger partial charge < -0.3 is 15.4 Å². The smallest absolute Gasteiger partial charge is 0.406 e. The molecule has 0 bridgehead atoms. The summed E-state index contributed by atoms with van der Waals surface area (Å²) < 4.78 is 4.41. The van der Waals surface area contributed by atoms with Gasteiger partial charge in [-0.1, -0.05) is 6.92 Å². The number of amides is 1. The van der Waals surface area contributed by atoms with Crippen molar-refractivity contribution in [2.75, 3.05) is 27.2 Å². The van der Waals surface area contributed by atoms with Crippen molar-refractivity contribution in [3.8, 4) is 0 Å². The van der Waals surface area contributed by atoms with E-state index in [-0.39, 0.29) is 6.09 Å². The molecule has 0 aliphatic carbocycles. The van der Waals surface area contributed by atoms with Crippen molar-refractivity contribution in [1.29, 1.82) is 0 Å². The van der Waals surface area contributed by atoms with Gasteiger partial charge in [-0.25, -0.2) is 4.79 Å². The maximum absolute atomic E-state index is 10.6. The predicted octanol–water partition coefficient (Wildman–Crippen LogP) is 0.198. The van der Waals surface area contributed by atoms with Crippen molar-refractivity contribution >= 4 is 6.09 Å². The molecule has 0 fully saturated rings. The highest BCUT2D eigenvalue weighted by molar-refractivity contribution is 5.66. The average Bonchev–Trinajstić information content (AvgIpc) is 2.01. The van der Waals surface area contributed by atoms with E-state index in [1.54, 1.807) is 0 Å². The van der Waals surface area contributed by atoms with Gasteiger partial charge >= 0.3 is 6.09 Å². The second-order valence-electron chi connectivity index (χ2n) is 2.54. The first kappa shape index (κ1) is 10.2. The molecule has 66 valence electrons. The predicted molar refractivity (Wildman–Crippen MR) is 43.5 cm³/mol. The molecule has 11 heavy (non-hydrogen) atoms. The van der Waals surface area contributed by atoms with Crippen molar-refractivity contribution in [3.05, 3.63) is 0 Å². The summed E-state index contributed by atoms with van der Waals surface area (Å²) in [5, 5.41) is 5.63. The molecule has 1 unspecified atom stereocenters. The molecule has 0 aliphatic heterocycles. The second kappa shape index (κ2) is 5.97. The number of nitrogens with one attached hydrogen (secondary N) is 2. The maximum atomic E-state index is 10.6. The van der Waals surface area contributed by atoms with Gasteiger partial charge in [0.25, 0.3) is 0 Å². The third kappa shape index (κ3) is 5.66. The normalized spacial score (nSPS) is 12.3. The Bertz CT molecular complexity index is 117. The van der Waals surface area contributed by atoms with E-state index >= 15 is 0 Å². The zero-order valence-electron chi connectivity index (χ0n) is 7.31. The molecule has 0 rings (SSSR count). The number of carbonyl (C=O) groups excluding carboxylic acids is 1. The molecule has 0 aromatic carbocycles. The van der Waals surface area contributed by atoms with Gasteiger partial charge in [0, 0.05) is 6.54 Å². The number of rotatable bonds is 4. The first-order chi connectivity index (χ1) is 5.20. The van der Waals surface area contributed by atoms with Gasteiger partial charge in [0.2, 0.25) is 0 Å². The molecular formula is C7H16N2O2. The van der Waals surface area contributed by atoms with Crippen LogP contribution >= 0.6 is 0 Å². The Morgan fingerprint density at radius 2 is 2.18 bits per heavy atom. The zero-order valence-corrected chi connectivity index (χ0v) is 7.31. The van der Waals surface area contributed by atoms with Crippen LogP contribution in [0.3, 0.4) is 0 Å². The van der Waals surface area contributed by atoms with E-state index in [0.717, 1.165) is 6.54 Å². The molecule has 0 saturated carbocycles. The van der Waals surface area contributed by atoms with Gasteiger partial charge in [0.15, 0.2) is 0 Å². The minimum absolute atomic E-state index is 0.368. The summed E-state index contributed by atoms with van der Waals surface area (Å²) in [7, 11) is 3.24. The van der Waals surface area contributed by atoms with Crippen LogP contribution in [0.2, 0.25) is 0 Å². The molecule has 0 heterocycles. The Balaban J connectivity index is 3.29. The maximum Gasteiger partial charge on any atom is 0.406 e. The quantitative estimate of drug-likeness (QED) is 0.617. The lowest BCUT2D eigenvalue weighted by atomic mass is 10.2. The fraction of sp³-hybridized carbons (Fsp3) is 0.857. The van der Waals surface area contributed by atoms with E-state index in [4.69, 9.17) is 0 Å². The molecular weight excluding hydrogens is 144 g/mol. The molecule has 1 amide bonds. The summed E-state index contributed by atoms with van der Waals surface area (Å²) in [6.07, 6.45) is -0.368. The Morgan fingerprint density at radius 3 is 2.64 bits per heavy atom. The fourth-order valence-electron chi connectivity index (χ4n) is 0.750. The SMILES string of the molecule is CNCC(C)CNC(=O)OC. The Labute approximate surface area is 67.3 Å². The molecule has 0 aromatic heterocycles. The summed E-state index contributed by atoms with van der Waals surface area (Å²) in [6, 6.07) is 0. The highest BCUT2D eigenvalue weighted by Gasteiger charge is 2.02. The second-order valence-corrected chi connectivity index (χ2v) is 2.54. The minimum Gasteiger partial charge on any atom is -0.453 e. The van der Waals surface area contributed by atoms with Gasteiger partial charge in [-0.05, 0) is 19.5 Å². The van der Waals surface area contributed by atoms with Crippen LogP contribution in [-0.4, -0.2) is 33.3 Å².